The van der Waals surface area contributed by atoms with Crippen LogP contribution < -0.4 is 9.50 Å². The molecule has 0 spiro atoms. The van der Waals surface area contributed by atoms with Gasteiger partial charge in [-0.05, 0) is 30.7 Å². The lowest BCUT2D eigenvalue weighted by Crippen LogP contribution is -2.30. The SMILES string of the molecule is CCCCCC(C)(C)C(=O)Nc1ccc(OS(=O)(=O)F)cc1. The Hall–Kier alpha value is -1.63. The van der Waals surface area contributed by atoms with E-state index in [9.17, 15) is 17.1 Å². The molecule has 0 saturated heterocycles. The van der Waals surface area contributed by atoms with Gasteiger partial charge in [-0.15, -0.1) is 0 Å². The summed E-state index contributed by atoms with van der Waals surface area (Å²) in [5.74, 6) is -0.266. The van der Waals surface area contributed by atoms with Crippen LogP contribution in [0.25, 0.3) is 0 Å². The summed E-state index contributed by atoms with van der Waals surface area (Å²) in [6.07, 6.45) is 3.95. The molecule has 5 nitrogen and oxygen atoms in total. The second-order valence-corrected chi connectivity index (χ2v) is 6.75. The molecule has 0 aromatic heterocycles. The number of halogens is 1. The van der Waals surface area contributed by atoms with Crippen molar-refractivity contribution in [1.82, 2.24) is 0 Å². The van der Waals surface area contributed by atoms with Crippen molar-refractivity contribution >= 4 is 22.1 Å². The minimum atomic E-state index is -5.04. The maximum atomic E-state index is 12.4. The summed E-state index contributed by atoms with van der Waals surface area (Å²) in [4.78, 5) is 12.2. The molecule has 1 aromatic rings. The summed E-state index contributed by atoms with van der Waals surface area (Å²) < 4.78 is 37.2. The fourth-order valence-corrected chi connectivity index (χ4v) is 2.28. The van der Waals surface area contributed by atoms with Crippen LogP contribution in [0.5, 0.6) is 5.75 Å². The predicted molar refractivity (Wildman–Crippen MR) is 83.7 cm³/mol. The van der Waals surface area contributed by atoms with Gasteiger partial charge in [0.1, 0.15) is 5.75 Å². The maximum absolute atomic E-state index is 12.4. The molecule has 0 heterocycles. The summed E-state index contributed by atoms with van der Waals surface area (Å²) in [6, 6.07) is 5.47. The smallest absolute Gasteiger partial charge is 0.358 e. The van der Waals surface area contributed by atoms with Crippen LogP contribution in [0.15, 0.2) is 24.3 Å². The number of hydrogen-bond donors (Lipinski definition) is 1. The molecule has 0 atom stereocenters. The molecule has 1 N–H and O–H groups in total. The van der Waals surface area contributed by atoms with Crippen molar-refractivity contribution < 1.29 is 21.3 Å². The van der Waals surface area contributed by atoms with Crippen LogP contribution in [0.4, 0.5) is 9.57 Å². The van der Waals surface area contributed by atoms with Gasteiger partial charge in [0, 0.05) is 11.1 Å². The van der Waals surface area contributed by atoms with Crippen molar-refractivity contribution in [2.45, 2.75) is 46.5 Å². The lowest BCUT2D eigenvalue weighted by Gasteiger charge is -2.23. The molecule has 0 aliphatic heterocycles. The summed E-state index contributed by atoms with van der Waals surface area (Å²) >= 11 is 0. The molecule has 0 radical (unpaired) electrons. The first-order valence-electron chi connectivity index (χ1n) is 7.19. The van der Waals surface area contributed by atoms with Gasteiger partial charge in [-0.25, -0.2) is 0 Å². The van der Waals surface area contributed by atoms with E-state index in [-0.39, 0.29) is 11.7 Å². The second kappa shape index (κ2) is 7.58. The van der Waals surface area contributed by atoms with Crippen molar-refractivity contribution in [3.8, 4) is 5.75 Å². The van der Waals surface area contributed by atoms with Gasteiger partial charge in [-0.2, -0.15) is 8.42 Å². The van der Waals surface area contributed by atoms with Crippen LogP contribution in [0, 0.1) is 5.41 Å². The molecule has 0 aliphatic rings. The van der Waals surface area contributed by atoms with E-state index < -0.39 is 15.9 Å². The quantitative estimate of drug-likeness (QED) is 0.580. The predicted octanol–water partition coefficient (Wildman–Crippen LogP) is 3.82. The largest absolute Gasteiger partial charge is 0.488 e. The Kier molecular flexibility index (Phi) is 6.34. The molecule has 0 bridgehead atoms. The zero-order valence-electron chi connectivity index (χ0n) is 13.1. The molecule has 0 saturated carbocycles. The minimum absolute atomic E-state index is 0.115. The topological polar surface area (TPSA) is 72.5 Å². The monoisotopic (exact) mass is 331 g/mol. The van der Waals surface area contributed by atoms with E-state index in [4.69, 9.17) is 0 Å². The Morgan fingerprint density at radius 1 is 1.23 bits per heavy atom. The Morgan fingerprint density at radius 3 is 2.32 bits per heavy atom. The first kappa shape index (κ1) is 18.4. The molecule has 1 rings (SSSR count). The van der Waals surface area contributed by atoms with Gasteiger partial charge >= 0.3 is 10.5 Å². The van der Waals surface area contributed by atoms with Gasteiger partial charge in [0.05, 0.1) is 0 Å². The average molecular weight is 331 g/mol. The van der Waals surface area contributed by atoms with Crippen molar-refractivity contribution in [3.05, 3.63) is 24.3 Å². The molecule has 0 unspecified atom stereocenters. The highest BCUT2D eigenvalue weighted by Gasteiger charge is 2.26. The van der Waals surface area contributed by atoms with Crippen LogP contribution >= 0.6 is 0 Å². The summed E-state index contributed by atoms with van der Waals surface area (Å²) in [6.45, 7) is 5.87. The standard InChI is InChI=1S/C15H22FNO4S/c1-4-5-6-11-15(2,3)14(18)17-12-7-9-13(10-8-12)21-22(16,19)20/h7-10H,4-6,11H2,1-3H3,(H,17,18). The van der Waals surface area contributed by atoms with Crippen LogP contribution in [0.2, 0.25) is 0 Å². The molecule has 124 valence electrons. The highest BCUT2D eigenvalue weighted by molar-refractivity contribution is 7.81. The molecular weight excluding hydrogens is 309 g/mol. The van der Waals surface area contributed by atoms with Crippen molar-refractivity contribution in [3.63, 3.8) is 0 Å². The number of anilines is 1. The van der Waals surface area contributed by atoms with Gasteiger partial charge < -0.3 is 9.50 Å². The first-order chi connectivity index (χ1) is 10.1. The van der Waals surface area contributed by atoms with Gasteiger partial charge in [0.15, 0.2) is 0 Å². The second-order valence-electron chi connectivity index (χ2n) is 5.80. The van der Waals surface area contributed by atoms with Gasteiger partial charge in [-0.3, -0.25) is 4.79 Å². The van der Waals surface area contributed by atoms with Crippen molar-refractivity contribution in [2.24, 2.45) is 5.41 Å². The number of benzene rings is 1. The number of unbranched alkanes of at least 4 members (excludes halogenated alkanes) is 2. The average Bonchev–Trinajstić information content (AvgIpc) is 2.39. The highest BCUT2D eigenvalue weighted by atomic mass is 32.3. The number of carbonyl (C=O) groups is 1. The van der Waals surface area contributed by atoms with Crippen molar-refractivity contribution in [1.29, 1.82) is 0 Å². The molecule has 7 heteroatoms. The van der Waals surface area contributed by atoms with E-state index in [0.717, 1.165) is 25.7 Å². The third-order valence-corrected chi connectivity index (χ3v) is 3.72. The molecule has 0 fully saturated rings. The molecular formula is C15H22FNO4S. The minimum Gasteiger partial charge on any atom is -0.358 e. The number of nitrogens with one attached hydrogen (secondary N) is 1. The summed E-state index contributed by atoms with van der Waals surface area (Å²) in [5, 5.41) is 2.76. The van der Waals surface area contributed by atoms with E-state index in [1.165, 1.54) is 24.3 Å². The number of hydrogen-bond acceptors (Lipinski definition) is 4. The normalized spacial score (nSPS) is 12.0. The fraction of sp³-hybridized carbons (Fsp3) is 0.533. The fourth-order valence-electron chi connectivity index (χ4n) is 1.94. The Balaban J connectivity index is 2.64. The Labute approximate surface area is 131 Å². The molecule has 1 amide bonds. The van der Waals surface area contributed by atoms with Gasteiger partial charge in [0.2, 0.25) is 5.91 Å². The Bertz CT molecular complexity index is 596. The number of carbonyl (C=O) groups excluding carboxylic acids is 1. The van der Waals surface area contributed by atoms with Gasteiger partial charge in [-0.1, -0.05) is 43.9 Å². The summed E-state index contributed by atoms with van der Waals surface area (Å²) in [5.41, 5.74) is 0.00395. The van der Waals surface area contributed by atoms with Gasteiger partial charge in [0.25, 0.3) is 0 Å². The highest BCUT2D eigenvalue weighted by Crippen LogP contribution is 2.26. The van der Waals surface area contributed by atoms with E-state index in [0.29, 0.717) is 5.69 Å². The van der Waals surface area contributed by atoms with Crippen LogP contribution in [-0.2, 0) is 15.3 Å². The first-order valence-corrected chi connectivity index (χ1v) is 8.50. The molecule has 22 heavy (non-hydrogen) atoms. The maximum Gasteiger partial charge on any atom is 0.488 e. The number of rotatable bonds is 8. The van der Waals surface area contributed by atoms with E-state index in [1.807, 2.05) is 13.8 Å². The number of amides is 1. The third-order valence-electron chi connectivity index (χ3n) is 3.33. The lowest BCUT2D eigenvalue weighted by atomic mass is 9.86. The zero-order chi connectivity index (χ0) is 16.8. The lowest BCUT2D eigenvalue weighted by molar-refractivity contribution is -0.124. The van der Waals surface area contributed by atoms with Crippen LogP contribution in [-0.4, -0.2) is 14.3 Å². The van der Waals surface area contributed by atoms with Crippen molar-refractivity contribution in [2.75, 3.05) is 5.32 Å². The van der Waals surface area contributed by atoms with Crippen LogP contribution in [0.1, 0.15) is 46.5 Å². The zero-order valence-corrected chi connectivity index (χ0v) is 13.9. The van der Waals surface area contributed by atoms with E-state index >= 15 is 0 Å². The summed E-state index contributed by atoms with van der Waals surface area (Å²) in [7, 11) is -5.04. The molecule has 0 aliphatic carbocycles. The third kappa shape index (κ3) is 6.43. The van der Waals surface area contributed by atoms with Crippen LogP contribution in [0.3, 0.4) is 0 Å². The molecule has 1 aromatic carbocycles. The Morgan fingerprint density at radius 2 is 1.82 bits per heavy atom. The van der Waals surface area contributed by atoms with E-state index in [1.54, 1.807) is 0 Å². The van der Waals surface area contributed by atoms with E-state index in [2.05, 4.69) is 16.4 Å².